The molecule has 4 atom stereocenters. The molecule has 48 heavy (non-hydrogen) atoms. The average Bonchev–Trinajstić information content (AvgIpc) is 3.75. The Kier molecular flexibility index (Phi) is 9.72. The third kappa shape index (κ3) is 7.10. The summed E-state index contributed by atoms with van der Waals surface area (Å²) in [4.78, 5) is 65.6. The summed E-state index contributed by atoms with van der Waals surface area (Å²) in [6.07, 6.45) is 6.03. The molecule has 0 bridgehead atoms. The molecule has 3 N–H and O–H groups in total. The number of piperidine rings is 2. The lowest BCUT2D eigenvalue weighted by Gasteiger charge is -2.31. The summed E-state index contributed by atoms with van der Waals surface area (Å²) in [6.45, 7) is 3.31. The number of Topliss-reactive ketones (excluding diaryl/α,β-unsaturated/α-hetero) is 1. The first-order chi connectivity index (χ1) is 23.3. The van der Waals surface area contributed by atoms with Crippen LogP contribution in [0.15, 0.2) is 42.5 Å². The number of thioether (sulfide) groups is 1. The molecule has 5 aliphatic rings. The maximum absolute atomic E-state index is 13.1. The SMILES string of the molecule is O=C1CCC(N2Cc3c(OCc4ccc(CN5CCC(C(=O)CCCCC6SCC7NC(=O)NC76)CC5)cc4)cccc3C2=O)C(=O)N1. The molecule has 0 radical (unpaired) electrons. The van der Waals surface area contributed by atoms with Crippen molar-refractivity contribution in [3.8, 4) is 5.75 Å². The van der Waals surface area contributed by atoms with Crippen LogP contribution >= 0.6 is 11.8 Å². The number of hydrogen-bond acceptors (Lipinski definition) is 8. The van der Waals surface area contributed by atoms with Crippen molar-refractivity contribution in [1.29, 1.82) is 0 Å². The first kappa shape index (κ1) is 32.6. The maximum Gasteiger partial charge on any atom is 0.315 e. The van der Waals surface area contributed by atoms with E-state index in [1.54, 1.807) is 12.1 Å². The number of nitrogens with one attached hydrogen (secondary N) is 3. The van der Waals surface area contributed by atoms with E-state index < -0.39 is 11.9 Å². The summed E-state index contributed by atoms with van der Waals surface area (Å²) in [7, 11) is 0. The number of carbonyl (C=O) groups excluding carboxylic acids is 5. The summed E-state index contributed by atoms with van der Waals surface area (Å²) in [5, 5.41) is 8.83. The highest BCUT2D eigenvalue weighted by Gasteiger charge is 2.43. The van der Waals surface area contributed by atoms with E-state index in [0.717, 1.165) is 68.6 Å². The van der Waals surface area contributed by atoms with Crippen LogP contribution in [0, 0.1) is 5.92 Å². The van der Waals surface area contributed by atoms with Gasteiger partial charge in [-0.3, -0.25) is 29.4 Å². The Morgan fingerprint density at radius 2 is 1.73 bits per heavy atom. The second-order valence-electron chi connectivity index (χ2n) is 13.7. The maximum atomic E-state index is 13.1. The third-order valence-electron chi connectivity index (χ3n) is 10.5. The van der Waals surface area contributed by atoms with Crippen LogP contribution in [0.1, 0.15) is 78.4 Å². The van der Waals surface area contributed by atoms with Gasteiger partial charge in [0, 0.05) is 47.4 Å². The zero-order chi connectivity index (χ0) is 33.2. The number of urea groups is 1. The molecule has 5 heterocycles. The number of fused-ring (bicyclic) bond motifs is 2. The van der Waals surface area contributed by atoms with Crippen LogP contribution in [0.2, 0.25) is 0 Å². The first-order valence-corrected chi connectivity index (χ1v) is 18.3. The molecular weight excluding hydrogens is 630 g/mol. The van der Waals surface area contributed by atoms with Gasteiger partial charge in [0.1, 0.15) is 24.2 Å². The number of benzene rings is 2. The number of rotatable bonds is 12. The molecule has 0 aliphatic carbocycles. The number of carbonyl (C=O) groups is 5. The summed E-state index contributed by atoms with van der Waals surface area (Å²) in [6, 6.07) is 13.6. The van der Waals surface area contributed by atoms with Crippen LogP contribution < -0.4 is 20.7 Å². The van der Waals surface area contributed by atoms with Crippen molar-refractivity contribution >= 4 is 41.3 Å². The molecule has 7 rings (SSSR count). The molecule has 0 saturated carbocycles. The van der Waals surface area contributed by atoms with Gasteiger partial charge in [-0.25, -0.2) is 4.79 Å². The summed E-state index contributed by atoms with van der Waals surface area (Å²) >= 11 is 1.93. The molecule has 4 unspecified atom stereocenters. The monoisotopic (exact) mass is 673 g/mol. The lowest BCUT2D eigenvalue weighted by molar-refractivity contribution is -0.137. The Morgan fingerprint density at radius 3 is 2.52 bits per heavy atom. The minimum Gasteiger partial charge on any atom is -0.489 e. The summed E-state index contributed by atoms with van der Waals surface area (Å²) in [5.41, 5.74) is 3.54. The number of likely N-dealkylation sites (tertiary alicyclic amines) is 1. The van der Waals surface area contributed by atoms with E-state index in [9.17, 15) is 24.0 Å². The Hall–Kier alpha value is -3.90. The van der Waals surface area contributed by atoms with Crippen molar-refractivity contribution in [2.45, 2.75) is 94.4 Å². The van der Waals surface area contributed by atoms with Crippen LogP contribution in [0.25, 0.3) is 0 Å². The largest absolute Gasteiger partial charge is 0.489 e. The van der Waals surface area contributed by atoms with E-state index in [4.69, 9.17) is 4.74 Å². The predicted molar refractivity (Wildman–Crippen MR) is 180 cm³/mol. The third-order valence-corrected chi connectivity index (χ3v) is 12.0. The van der Waals surface area contributed by atoms with Crippen LogP contribution in [-0.2, 0) is 34.1 Å². The van der Waals surface area contributed by atoms with Gasteiger partial charge in [0.05, 0.1) is 18.6 Å². The molecule has 5 aliphatic heterocycles. The fraction of sp³-hybridized carbons (Fsp3) is 0.528. The Labute approximate surface area is 284 Å². The molecule has 0 aromatic heterocycles. The first-order valence-electron chi connectivity index (χ1n) is 17.2. The number of imide groups is 1. The van der Waals surface area contributed by atoms with E-state index in [0.29, 0.717) is 41.8 Å². The van der Waals surface area contributed by atoms with E-state index in [2.05, 4.69) is 45.1 Å². The highest BCUT2D eigenvalue weighted by molar-refractivity contribution is 8.00. The molecule has 2 aromatic rings. The topological polar surface area (TPSA) is 137 Å². The van der Waals surface area contributed by atoms with Crippen molar-refractivity contribution < 1.29 is 28.7 Å². The highest BCUT2D eigenvalue weighted by Crippen LogP contribution is 2.35. The van der Waals surface area contributed by atoms with E-state index in [1.165, 1.54) is 10.5 Å². The van der Waals surface area contributed by atoms with Gasteiger partial charge in [0.15, 0.2) is 0 Å². The van der Waals surface area contributed by atoms with Crippen molar-refractivity contribution in [3.05, 3.63) is 64.7 Å². The molecular formula is C36H43N5O6S. The second kappa shape index (κ2) is 14.3. The zero-order valence-electron chi connectivity index (χ0n) is 27.1. The fourth-order valence-corrected chi connectivity index (χ4v) is 9.30. The highest BCUT2D eigenvalue weighted by atomic mass is 32.2. The predicted octanol–water partition coefficient (Wildman–Crippen LogP) is 3.53. The lowest BCUT2D eigenvalue weighted by Crippen LogP contribution is -2.52. The second-order valence-corrected chi connectivity index (χ2v) is 14.9. The number of hydrogen-bond donors (Lipinski definition) is 3. The van der Waals surface area contributed by atoms with Gasteiger partial charge < -0.3 is 20.3 Å². The van der Waals surface area contributed by atoms with E-state index in [-0.39, 0.29) is 48.8 Å². The van der Waals surface area contributed by atoms with Gasteiger partial charge in [-0.1, -0.05) is 36.8 Å². The molecule has 254 valence electrons. The van der Waals surface area contributed by atoms with Crippen molar-refractivity contribution in [1.82, 2.24) is 25.8 Å². The van der Waals surface area contributed by atoms with E-state index >= 15 is 0 Å². The number of amides is 5. The van der Waals surface area contributed by atoms with Crippen molar-refractivity contribution in [3.63, 3.8) is 0 Å². The average molecular weight is 674 g/mol. The Balaban J connectivity index is 0.826. The fourth-order valence-electron chi connectivity index (χ4n) is 7.76. The smallest absolute Gasteiger partial charge is 0.315 e. The van der Waals surface area contributed by atoms with Gasteiger partial charge in [-0.05, 0) is 68.5 Å². The quantitative estimate of drug-likeness (QED) is 0.177. The van der Waals surface area contributed by atoms with Crippen LogP contribution in [0.3, 0.4) is 0 Å². The van der Waals surface area contributed by atoms with Crippen LogP contribution in [0.5, 0.6) is 5.75 Å². The molecule has 11 nitrogen and oxygen atoms in total. The molecule has 0 spiro atoms. The Bertz CT molecular complexity index is 1570. The summed E-state index contributed by atoms with van der Waals surface area (Å²) in [5.74, 6) is 1.23. The van der Waals surface area contributed by atoms with E-state index in [1.807, 2.05) is 17.8 Å². The minimum absolute atomic E-state index is 0.0469. The molecule has 2 aromatic carbocycles. The van der Waals surface area contributed by atoms with Gasteiger partial charge in [-0.15, -0.1) is 0 Å². The molecule has 5 amide bonds. The van der Waals surface area contributed by atoms with Gasteiger partial charge >= 0.3 is 6.03 Å². The van der Waals surface area contributed by atoms with Gasteiger partial charge in [0.25, 0.3) is 5.91 Å². The standard InChI is InChI=1S/C36H43N5O6S/c42-29(5-1-2-7-31-33-27(21-48-31)37-36(46)39-33)24-14-16-40(17-15-24)18-22-8-10-23(11-9-22)20-47-30-6-3-4-25-26(30)19-41(35(25)45)28-12-13-32(43)38-34(28)44/h3-4,6,8-11,24,27-28,31,33H,1-2,5,7,12-21H2,(H2,37,39,46)(H,38,43,44). The normalized spacial score (nSPS) is 25.8. The van der Waals surface area contributed by atoms with Crippen molar-refractivity contribution in [2.75, 3.05) is 18.8 Å². The zero-order valence-corrected chi connectivity index (χ0v) is 27.9. The Morgan fingerprint density at radius 1 is 0.938 bits per heavy atom. The lowest BCUT2D eigenvalue weighted by atomic mass is 9.89. The van der Waals surface area contributed by atoms with Crippen LogP contribution in [-0.4, -0.2) is 81.6 Å². The van der Waals surface area contributed by atoms with Crippen LogP contribution in [0.4, 0.5) is 4.79 Å². The minimum atomic E-state index is -0.656. The number of unbranched alkanes of at least 4 members (excludes halogenated alkanes) is 1. The number of ether oxygens (including phenoxy) is 1. The summed E-state index contributed by atoms with van der Waals surface area (Å²) < 4.78 is 6.17. The molecule has 4 saturated heterocycles. The molecule has 12 heteroatoms. The van der Waals surface area contributed by atoms with Gasteiger partial charge in [-0.2, -0.15) is 11.8 Å². The van der Waals surface area contributed by atoms with Crippen molar-refractivity contribution in [2.24, 2.45) is 5.92 Å². The van der Waals surface area contributed by atoms with Gasteiger partial charge in [0.2, 0.25) is 11.8 Å². The molecule has 4 fully saturated rings. The number of ketones is 1. The number of nitrogens with zero attached hydrogens (tertiary/aromatic N) is 2.